The molecular weight excluding hydrogens is 701 g/mol. The molecule has 0 saturated carbocycles. The van der Waals surface area contributed by atoms with Gasteiger partial charge in [0, 0.05) is 43.4 Å². The van der Waals surface area contributed by atoms with E-state index < -0.39 is 0 Å². The molecule has 57 heavy (non-hydrogen) atoms. The van der Waals surface area contributed by atoms with E-state index >= 15 is 0 Å². The molecule has 0 radical (unpaired) electrons. The Hall–Kier alpha value is -7.83. The van der Waals surface area contributed by atoms with Crippen molar-refractivity contribution >= 4 is 65.7 Å². The number of hydrogen-bond acceptors (Lipinski definition) is 5. The predicted octanol–water partition coefficient (Wildman–Crippen LogP) is 13.4. The molecule has 0 unspecified atom stereocenters. The Morgan fingerprint density at radius 1 is 0.333 bits per heavy atom. The Labute approximate surface area is 325 Å². The molecule has 0 bridgehead atoms. The van der Waals surface area contributed by atoms with Crippen LogP contribution in [0.25, 0.3) is 117 Å². The van der Waals surface area contributed by atoms with Gasteiger partial charge in [-0.1, -0.05) is 133 Å². The first-order valence-corrected chi connectivity index (χ1v) is 19.0. The number of para-hydroxylation sites is 2. The highest BCUT2D eigenvalue weighted by Crippen LogP contribution is 2.41. The second-order valence-corrected chi connectivity index (χ2v) is 14.4. The Balaban J connectivity index is 1.04. The van der Waals surface area contributed by atoms with Gasteiger partial charge in [-0.15, -0.1) is 0 Å². The van der Waals surface area contributed by atoms with Crippen LogP contribution in [0.4, 0.5) is 0 Å². The van der Waals surface area contributed by atoms with Crippen LogP contribution in [0.3, 0.4) is 0 Å². The maximum absolute atomic E-state index is 6.54. The van der Waals surface area contributed by atoms with Gasteiger partial charge < -0.3 is 8.83 Å². The van der Waals surface area contributed by atoms with Gasteiger partial charge >= 0.3 is 0 Å². The summed E-state index contributed by atoms with van der Waals surface area (Å²) in [5.41, 5.74) is 11.7. The van der Waals surface area contributed by atoms with E-state index in [9.17, 15) is 0 Å². The van der Waals surface area contributed by atoms with Gasteiger partial charge in [-0.25, -0.2) is 4.98 Å². The van der Waals surface area contributed by atoms with Crippen molar-refractivity contribution in [1.82, 2.24) is 19.5 Å². The lowest BCUT2D eigenvalue weighted by Crippen LogP contribution is -2.06. The normalized spacial score (nSPS) is 11.9. The van der Waals surface area contributed by atoms with Crippen molar-refractivity contribution in [3.8, 4) is 51.0 Å². The molecule has 0 spiro atoms. The monoisotopic (exact) mass is 730 g/mol. The van der Waals surface area contributed by atoms with E-state index in [0.29, 0.717) is 17.6 Å². The lowest BCUT2D eigenvalue weighted by atomic mass is 9.98. The second kappa shape index (κ2) is 12.3. The Bertz CT molecular complexity index is 3530. The molecule has 0 aliphatic heterocycles. The van der Waals surface area contributed by atoms with Gasteiger partial charge in [-0.2, -0.15) is 9.97 Å². The quantitative estimate of drug-likeness (QED) is 0.176. The minimum atomic E-state index is 0.547. The number of benzene rings is 8. The summed E-state index contributed by atoms with van der Waals surface area (Å²) in [5.74, 6) is 1.70. The molecule has 0 aliphatic carbocycles. The van der Waals surface area contributed by atoms with Crippen molar-refractivity contribution in [2.45, 2.75) is 0 Å². The maximum Gasteiger partial charge on any atom is 0.238 e. The number of rotatable bonds is 5. The summed E-state index contributed by atoms with van der Waals surface area (Å²) < 4.78 is 14.9. The standard InChI is InChI=1S/C51H30N4O2/c1-3-13-31(14-4-1)35-19-11-22-42-47(35)38-17-7-9-21-41(38)55(42)51-53-49(32-15-5-2-6-16-32)52-50(54-51)34-25-27-37-40-29-33(26-28-44(40)57-46(37)30-34)36-20-12-24-45-48(36)39-18-8-10-23-43(39)56-45/h1-30H. The van der Waals surface area contributed by atoms with Gasteiger partial charge in [-0.3, -0.25) is 4.57 Å². The Morgan fingerprint density at radius 2 is 0.947 bits per heavy atom. The Morgan fingerprint density at radius 3 is 1.79 bits per heavy atom. The largest absolute Gasteiger partial charge is 0.456 e. The molecule has 12 rings (SSSR count). The SMILES string of the molecule is c1ccc(-c2nc(-c3ccc4c(c3)oc3ccc(-c5cccc6oc7ccccc7c56)cc34)nc(-n3c4ccccc4c4c(-c5ccccc5)cccc43)n2)cc1. The van der Waals surface area contributed by atoms with Gasteiger partial charge in [0.25, 0.3) is 0 Å². The molecule has 6 nitrogen and oxygen atoms in total. The number of nitrogens with zero attached hydrogens (tertiary/aromatic N) is 4. The molecular formula is C51H30N4O2. The minimum Gasteiger partial charge on any atom is -0.456 e. The third-order valence-electron chi connectivity index (χ3n) is 11.1. The molecule has 8 aromatic carbocycles. The molecule has 0 atom stereocenters. The molecule has 0 fully saturated rings. The summed E-state index contributed by atoms with van der Waals surface area (Å²) in [6.07, 6.45) is 0. The predicted molar refractivity (Wildman–Crippen MR) is 230 cm³/mol. The first kappa shape index (κ1) is 31.5. The van der Waals surface area contributed by atoms with Gasteiger partial charge in [0.15, 0.2) is 11.6 Å². The van der Waals surface area contributed by atoms with Crippen LogP contribution < -0.4 is 0 Å². The molecule has 12 aromatic rings. The van der Waals surface area contributed by atoms with Crippen molar-refractivity contribution in [2.24, 2.45) is 0 Å². The van der Waals surface area contributed by atoms with E-state index in [1.165, 1.54) is 0 Å². The second-order valence-electron chi connectivity index (χ2n) is 14.4. The topological polar surface area (TPSA) is 69.9 Å². The van der Waals surface area contributed by atoms with Crippen molar-refractivity contribution in [3.63, 3.8) is 0 Å². The van der Waals surface area contributed by atoms with Crippen molar-refractivity contribution in [1.29, 1.82) is 0 Å². The summed E-state index contributed by atoms with van der Waals surface area (Å²) in [6, 6.07) is 62.7. The van der Waals surface area contributed by atoms with Crippen LogP contribution in [-0.4, -0.2) is 19.5 Å². The van der Waals surface area contributed by atoms with Crippen molar-refractivity contribution in [3.05, 3.63) is 182 Å². The first-order valence-electron chi connectivity index (χ1n) is 19.0. The van der Waals surface area contributed by atoms with E-state index in [1.807, 2.05) is 54.6 Å². The van der Waals surface area contributed by atoms with Gasteiger partial charge in [0.05, 0.1) is 11.0 Å². The van der Waals surface area contributed by atoms with E-state index in [2.05, 4.69) is 132 Å². The highest BCUT2D eigenvalue weighted by atomic mass is 16.3. The van der Waals surface area contributed by atoms with Crippen LogP contribution in [0.2, 0.25) is 0 Å². The fourth-order valence-corrected chi connectivity index (χ4v) is 8.50. The molecule has 4 heterocycles. The third-order valence-corrected chi connectivity index (χ3v) is 11.1. The lowest BCUT2D eigenvalue weighted by Gasteiger charge is -2.11. The number of furan rings is 2. The van der Waals surface area contributed by atoms with Crippen LogP contribution in [0.1, 0.15) is 0 Å². The van der Waals surface area contributed by atoms with E-state index in [1.54, 1.807) is 0 Å². The molecule has 0 N–H and O–H groups in total. The summed E-state index contributed by atoms with van der Waals surface area (Å²) >= 11 is 0. The lowest BCUT2D eigenvalue weighted by molar-refractivity contribution is 0.669. The molecule has 4 aromatic heterocycles. The van der Waals surface area contributed by atoms with Gasteiger partial charge in [0.2, 0.25) is 5.95 Å². The number of fused-ring (bicyclic) bond motifs is 9. The summed E-state index contributed by atoms with van der Waals surface area (Å²) in [6.45, 7) is 0. The zero-order chi connectivity index (χ0) is 37.5. The zero-order valence-electron chi connectivity index (χ0n) is 30.4. The molecule has 6 heteroatoms. The van der Waals surface area contributed by atoms with Gasteiger partial charge in [0.1, 0.15) is 22.3 Å². The van der Waals surface area contributed by atoms with Crippen LogP contribution >= 0.6 is 0 Å². The number of aromatic nitrogens is 4. The highest BCUT2D eigenvalue weighted by molar-refractivity contribution is 6.16. The van der Waals surface area contributed by atoms with Gasteiger partial charge in [-0.05, 0) is 70.8 Å². The summed E-state index contributed by atoms with van der Waals surface area (Å²) in [5, 5.41) is 6.57. The summed E-state index contributed by atoms with van der Waals surface area (Å²) in [7, 11) is 0. The number of hydrogen-bond donors (Lipinski definition) is 0. The van der Waals surface area contributed by atoms with Crippen molar-refractivity contribution in [2.75, 3.05) is 0 Å². The zero-order valence-corrected chi connectivity index (χ0v) is 30.4. The Kier molecular flexibility index (Phi) is 6.83. The molecule has 266 valence electrons. The van der Waals surface area contributed by atoms with Crippen molar-refractivity contribution < 1.29 is 8.83 Å². The van der Waals surface area contributed by atoms with E-state index in [-0.39, 0.29) is 0 Å². The van der Waals surface area contributed by atoms with Crippen LogP contribution in [0.5, 0.6) is 0 Å². The smallest absolute Gasteiger partial charge is 0.238 e. The van der Waals surface area contributed by atoms with E-state index in [0.717, 1.165) is 99.1 Å². The third kappa shape index (κ3) is 4.94. The van der Waals surface area contributed by atoms with Crippen LogP contribution in [0, 0.1) is 0 Å². The highest BCUT2D eigenvalue weighted by Gasteiger charge is 2.21. The average Bonchev–Trinajstić information content (AvgIpc) is 3.96. The minimum absolute atomic E-state index is 0.547. The molecule has 0 aliphatic rings. The first-order chi connectivity index (χ1) is 28.2. The fraction of sp³-hybridized carbons (Fsp3) is 0. The summed E-state index contributed by atoms with van der Waals surface area (Å²) in [4.78, 5) is 15.5. The van der Waals surface area contributed by atoms with E-state index in [4.69, 9.17) is 23.8 Å². The van der Waals surface area contributed by atoms with Crippen LogP contribution in [-0.2, 0) is 0 Å². The fourth-order valence-electron chi connectivity index (χ4n) is 8.50. The molecule has 0 amide bonds. The maximum atomic E-state index is 6.54. The van der Waals surface area contributed by atoms with Crippen LogP contribution in [0.15, 0.2) is 191 Å². The molecule has 0 saturated heterocycles. The average molecular weight is 731 g/mol.